The average molecular weight is 300 g/mol. The summed E-state index contributed by atoms with van der Waals surface area (Å²) in [5, 5.41) is 6.89. The second-order valence-corrected chi connectivity index (χ2v) is 5.80. The average Bonchev–Trinajstić information content (AvgIpc) is 2.81. The molecule has 0 fully saturated rings. The molecule has 1 aromatic heterocycles. The van der Waals surface area contributed by atoms with Crippen molar-refractivity contribution in [2.24, 2.45) is 0 Å². The fourth-order valence-corrected chi connectivity index (χ4v) is 2.99. The summed E-state index contributed by atoms with van der Waals surface area (Å²) in [5.74, 6) is 0.0107. The van der Waals surface area contributed by atoms with Gasteiger partial charge in [-0.2, -0.15) is 0 Å². The lowest BCUT2D eigenvalue weighted by Gasteiger charge is -2.10. The molecule has 2 heterocycles. The maximum Gasteiger partial charge on any atom is 0.246 e. The molecular weight excluding hydrogens is 284 g/mol. The van der Waals surface area contributed by atoms with Crippen molar-refractivity contribution in [3.63, 3.8) is 0 Å². The number of amides is 1. The molecule has 1 aliphatic rings. The highest BCUT2D eigenvalue weighted by Crippen LogP contribution is 2.35. The van der Waals surface area contributed by atoms with Crippen LogP contribution < -0.4 is 10.6 Å². The molecule has 6 heteroatoms. The molecule has 108 valence electrons. The molecule has 0 saturated heterocycles. The van der Waals surface area contributed by atoms with Crippen molar-refractivity contribution in [2.75, 3.05) is 11.9 Å². The molecule has 0 radical (unpaired) electrons. The van der Waals surface area contributed by atoms with E-state index in [-0.39, 0.29) is 11.9 Å². The van der Waals surface area contributed by atoms with Crippen molar-refractivity contribution in [2.45, 2.75) is 29.4 Å². The van der Waals surface area contributed by atoms with E-state index in [0.29, 0.717) is 5.16 Å². The summed E-state index contributed by atoms with van der Waals surface area (Å²) in [4.78, 5) is 21.4. The lowest BCUT2D eigenvalue weighted by molar-refractivity contribution is -0.117. The van der Waals surface area contributed by atoms with Crippen molar-refractivity contribution in [3.05, 3.63) is 42.2 Å². The Morgan fingerprint density at radius 3 is 2.90 bits per heavy atom. The molecule has 2 aromatic rings. The fourth-order valence-electron chi connectivity index (χ4n) is 2.24. The van der Waals surface area contributed by atoms with Gasteiger partial charge in [-0.25, -0.2) is 9.97 Å². The highest BCUT2D eigenvalue weighted by atomic mass is 32.2. The Bertz CT molecular complexity index is 647. The van der Waals surface area contributed by atoms with E-state index >= 15 is 0 Å². The van der Waals surface area contributed by atoms with Gasteiger partial charge < -0.3 is 10.6 Å². The maximum absolute atomic E-state index is 12.0. The standard InChI is InChI=1S/C15H16N4OS/c1-2-6-16-13-11-5-4-10(9-12(11)19-14(13)20)21-15-17-7-3-8-18-15/h3-5,7-9,13,16H,2,6H2,1H3,(H,19,20). The van der Waals surface area contributed by atoms with Crippen molar-refractivity contribution < 1.29 is 4.79 Å². The van der Waals surface area contributed by atoms with Gasteiger partial charge in [-0.05, 0) is 42.9 Å². The summed E-state index contributed by atoms with van der Waals surface area (Å²) in [6.07, 6.45) is 4.43. The molecule has 1 amide bonds. The third-order valence-electron chi connectivity index (χ3n) is 3.21. The van der Waals surface area contributed by atoms with Gasteiger partial charge in [0, 0.05) is 28.5 Å². The van der Waals surface area contributed by atoms with Crippen LogP contribution in [0, 0.1) is 0 Å². The first kappa shape index (κ1) is 14.0. The smallest absolute Gasteiger partial charge is 0.246 e. The minimum atomic E-state index is -0.244. The van der Waals surface area contributed by atoms with Crippen LogP contribution in [0.25, 0.3) is 0 Å². The van der Waals surface area contributed by atoms with Crippen LogP contribution in [-0.4, -0.2) is 22.4 Å². The van der Waals surface area contributed by atoms with Crippen LogP contribution in [0.15, 0.2) is 46.7 Å². The van der Waals surface area contributed by atoms with Crippen molar-refractivity contribution in [1.82, 2.24) is 15.3 Å². The number of carbonyl (C=O) groups excluding carboxylic acids is 1. The van der Waals surface area contributed by atoms with Crippen molar-refractivity contribution in [1.29, 1.82) is 0 Å². The van der Waals surface area contributed by atoms with Crippen LogP contribution in [0.1, 0.15) is 24.9 Å². The molecule has 0 spiro atoms. The summed E-state index contributed by atoms with van der Waals surface area (Å²) in [5.41, 5.74) is 1.88. The van der Waals surface area contributed by atoms with Crippen LogP contribution in [0.3, 0.4) is 0 Å². The highest BCUT2D eigenvalue weighted by Gasteiger charge is 2.29. The second-order valence-electron chi connectivity index (χ2n) is 4.76. The van der Waals surface area contributed by atoms with Crippen molar-refractivity contribution >= 4 is 23.4 Å². The van der Waals surface area contributed by atoms with E-state index in [1.165, 1.54) is 11.8 Å². The Hall–Kier alpha value is -1.92. The van der Waals surface area contributed by atoms with Gasteiger partial charge >= 0.3 is 0 Å². The van der Waals surface area contributed by atoms with E-state index in [2.05, 4.69) is 27.5 Å². The van der Waals surface area contributed by atoms with Crippen LogP contribution in [0.4, 0.5) is 5.69 Å². The minimum absolute atomic E-state index is 0.0107. The molecule has 5 nitrogen and oxygen atoms in total. The molecule has 1 aliphatic heterocycles. The lowest BCUT2D eigenvalue weighted by atomic mass is 10.1. The molecule has 3 rings (SSSR count). The quantitative estimate of drug-likeness (QED) is 0.831. The van der Waals surface area contributed by atoms with E-state index in [0.717, 1.165) is 29.1 Å². The zero-order valence-corrected chi connectivity index (χ0v) is 12.5. The van der Waals surface area contributed by atoms with Gasteiger partial charge in [-0.1, -0.05) is 13.0 Å². The number of nitrogens with zero attached hydrogens (tertiary/aromatic N) is 2. The zero-order chi connectivity index (χ0) is 14.7. The highest BCUT2D eigenvalue weighted by molar-refractivity contribution is 7.99. The first-order valence-electron chi connectivity index (χ1n) is 6.91. The maximum atomic E-state index is 12.0. The first-order chi connectivity index (χ1) is 10.3. The zero-order valence-electron chi connectivity index (χ0n) is 11.7. The van der Waals surface area contributed by atoms with Gasteiger partial charge in [0.05, 0.1) is 0 Å². The Labute approximate surface area is 127 Å². The van der Waals surface area contributed by atoms with Gasteiger partial charge in [0.1, 0.15) is 6.04 Å². The minimum Gasteiger partial charge on any atom is -0.324 e. The third kappa shape index (κ3) is 3.06. The second kappa shape index (κ2) is 6.24. The summed E-state index contributed by atoms with van der Waals surface area (Å²) in [6, 6.07) is 7.51. The van der Waals surface area contributed by atoms with E-state index in [9.17, 15) is 4.79 Å². The molecular formula is C15H16N4OS. The van der Waals surface area contributed by atoms with Crippen LogP contribution in [0.5, 0.6) is 0 Å². The van der Waals surface area contributed by atoms with Gasteiger partial charge in [0.25, 0.3) is 0 Å². The summed E-state index contributed by atoms with van der Waals surface area (Å²) >= 11 is 1.48. The van der Waals surface area contributed by atoms with Gasteiger partial charge in [-0.15, -0.1) is 0 Å². The topological polar surface area (TPSA) is 66.9 Å². The van der Waals surface area contributed by atoms with E-state index in [4.69, 9.17) is 0 Å². The Balaban J connectivity index is 1.80. The summed E-state index contributed by atoms with van der Waals surface area (Å²) < 4.78 is 0. The molecule has 21 heavy (non-hydrogen) atoms. The number of nitrogens with one attached hydrogen (secondary N) is 2. The Kier molecular flexibility index (Phi) is 4.17. The van der Waals surface area contributed by atoms with Gasteiger partial charge in [-0.3, -0.25) is 4.79 Å². The number of hydrogen-bond donors (Lipinski definition) is 2. The number of anilines is 1. The predicted molar refractivity (Wildman–Crippen MR) is 82.3 cm³/mol. The molecule has 2 N–H and O–H groups in total. The molecule has 1 unspecified atom stereocenters. The molecule has 0 aliphatic carbocycles. The third-order valence-corrected chi connectivity index (χ3v) is 4.09. The molecule has 0 bridgehead atoms. The first-order valence-corrected chi connectivity index (χ1v) is 7.72. The Morgan fingerprint density at radius 1 is 1.33 bits per heavy atom. The van der Waals surface area contributed by atoms with Crippen LogP contribution in [-0.2, 0) is 4.79 Å². The predicted octanol–water partition coefficient (Wildman–Crippen LogP) is 2.62. The molecule has 0 saturated carbocycles. The van der Waals surface area contributed by atoms with Gasteiger partial charge in [0.2, 0.25) is 5.91 Å². The van der Waals surface area contributed by atoms with E-state index in [1.807, 2.05) is 18.2 Å². The van der Waals surface area contributed by atoms with E-state index in [1.54, 1.807) is 18.5 Å². The largest absolute Gasteiger partial charge is 0.324 e. The fraction of sp³-hybridized carbons (Fsp3) is 0.267. The number of aromatic nitrogens is 2. The monoisotopic (exact) mass is 300 g/mol. The SMILES string of the molecule is CCCNC1C(=O)Nc2cc(Sc3ncccn3)ccc21. The van der Waals surface area contributed by atoms with Crippen LogP contribution >= 0.6 is 11.8 Å². The number of benzene rings is 1. The summed E-state index contributed by atoms with van der Waals surface area (Å²) in [7, 11) is 0. The number of carbonyl (C=O) groups is 1. The van der Waals surface area contributed by atoms with Crippen molar-refractivity contribution in [3.8, 4) is 0 Å². The lowest BCUT2D eigenvalue weighted by Crippen LogP contribution is -2.27. The van der Waals surface area contributed by atoms with Gasteiger partial charge in [0.15, 0.2) is 5.16 Å². The number of rotatable bonds is 5. The number of hydrogen-bond acceptors (Lipinski definition) is 5. The number of fused-ring (bicyclic) bond motifs is 1. The summed E-state index contributed by atoms with van der Waals surface area (Å²) in [6.45, 7) is 2.91. The molecule has 1 aromatic carbocycles. The van der Waals surface area contributed by atoms with E-state index < -0.39 is 0 Å². The van der Waals surface area contributed by atoms with Crippen LogP contribution in [0.2, 0.25) is 0 Å². The Morgan fingerprint density at radius 2 is 2.14 bits per heavy atom. The molecule has 1 atom stereocenters. The normalized spacial score (nSPS) is 16.6.